The largest absolute Gasteiger partial charge is 0.465 e. The van der Waals surface area contributed by atoms with E-state index in [9.17, 15) is 25.0 Å². The van der Waals surface area contributed by atoms with E-state index >= 15 is 0 Å². The van der Waals surface area contributed by atoms with Crippen LogP contribution in [0.1, 0.15) is 31.2 Å². The Balaban J connectivity index is 1.77. The van der Waals surface area contributed by atoms with Crippen molar-refractivity contribution in [2.75, 3.05) is 43.6 Å². The van der Waals surface area contributed by atoms with Crippen LogP contribution in [0.15, 0.2) is 18.2 Å². The fraction of sp³-hybridized carbons (Fsp3) is 0.300. The van der Waals surface area contributed by atoms with Crippen LogP contribution in [0.4, 0.5) is 16.4 Å². The predicted molar refractivity (Wildman–Crippen MR) is 125 cm³/mol. The number of thiocarbonyl (C=S) groups is 1. The highest BCUT2D eigenvalue weighted by molar-refractivity contribution is 7.80. The van der Waals surface area contributed by atoms with E-state index in [2.05, 4.69) is 10.6 Å². The molecule has 0 spiro atoms. The van der Waals surface area contributed by atoms with Crippen molar-refractivity contribution in [3.63, 3.8) is 0 Å². The topological polar surface area (TPSA) is 147 Å². The number of carbonyl (C=O) groups is 2. The van der Waals surface area contributed by atoms with Crippen molar-refractivity contribution < 1.29 is 24.0 Å². The minimum atomic E-state index is -0.663. The Morgan fingerprint density at radius 1 is 1.36 bits per heavy atom. The number of nitriles is 1. The molecule has 0 bridgehead atoms. The molecule has 13 heteroatoms. The molecule has 11 nitrogen and oxygen atoms in total. The van der Waals surface area contributed by atoms with Gasteiger partial charge >= 0.3 is 5.97 Å². The lowest BCUT2D eigenvalue weighted by atomic mass is 10.1. The van der Waals surface area contributed by atoms with E-state index in [1.165, 1.54) is 25.3 Å². The number of esters is 1. The highest BCUT2D eigenvalue weighted by atomic mass is 32.1. The number of hydrogen-bond acceptors (Lipinski definition) is 10. The minimum Gasteiger partial charge on any atom is -0.465 e. The van der Waals surface area contributed by atoms with Crippen molar-refractivity contribution in [3.8, 4) is 6.07 Å². The smallest absolute Gasteiger partial charge is 0.348 e. The van der Waals surface area contributed by atoms with Crippen LogP contribution in [0.3, 0.4) is 0 Å². The van der Waals surface area contributed by atoms with Gasteiger partial charge in [0.05, 0.1) is 30.8 Å². The van der Waals surface area contributed by atoms with E-state index in [0.29, 0.717) is 37.6 Å². The number of methoxy groups -OCH3 is 1. The van der Waals surface area contributed by atoms with Crippen LogP contribution < -0.4 is 15.5 Å². The number of nitrogens with one attached hydrogen (secondary N) is 2. The maximum Gasteiger partial charge on any atom is 0.348 e. The number of nitrogens with zero attached hydrogens (tertiary/aromatic N) is 3. The van der Waals surface area contributed by atoms with Gasteiger partial charge < -0.3 is 19.7 Å². The summed E-state index contributed by atoms with van der Waals surface area (Å²) >= 11 is 6.13. The molecule has 1 saturated heterocycles. The van der Waals surface area contributed by atoms with E-state index in [1.807, 2.05) is 11.0 Å². The molecule has 33 heavy (non-hydrogen) atoms. The third kappa shape index (κ3) is 5.25. The zero-order valence-corrected chi connectivity index (χ0v) is 19.3. The number of rotatable bonds is 5. The first-order valence-electron chi connectivity index (χ1n) is 9.62. The second-order valence-corrected chi connectivity index (χ2v) is 8.26. The summed E-state index contributed by atoms with van der Waals surface area (Å²) in [6.45, 7) is 3.54. The molecule has 3 rings (SSSR count). The zero-order chi connectivity index (χ0) is 24.1. The Morgan fingerprint density at radius 2 is 2.06 bits per heavy atom. The SMILES string of the molecule is COC(=O)c1sc(NC(=S)NC(=O)c2ccc(N3CCOCC3)c([N+](=O)[O-])c2)c(C#N)c1C. The van der Waals surface area contributed by atoms with Gasteiger partial charge in [0.25, 0.3) is 11.6 Å². The number of amides is 1. The minimum absolute atomic E-state index is 0.0426. The van der Waals surface area contributed by atoms with Crippen molar-refractivity contribution in [1.29, 1.82) is 5.26 Å². The third-order valence-corrected chi connectivity index (χ3v) is 6.26. The first kappa shape index (κ1) is 24.1. The predicted octanol–water partition coefficient (Wildman–Crippen LogP) is 2.59. The van der Waals surface area contributed by atoms with Crippen LogP contribution >= 0.6 is 23.6 Å². The maximum absolute atomic E-state index is 12.7. The summed E-state index contributed by atoms with van der Waals surface area (Å²) in [6.07, 6.45) is 0. The van der Waals surface area contributed by atoms with E-state index in [1.54, 1.807) is 6.92 Å². The lowest BCUT2D eigenvalue weighted by Gasteiger charge is -2.28. The monoisotopic (exact) mass is 489 g/mol. The number of morpholine rings is 1. The van der Waals surface area contributed by atoms with Gasteiger partial charge in [-0.3, -0.25) is 20.2 Å². The summed E-state index contributed by atoms with van der Waals surface area (Å²) in [5.74, 6) is -1.26. The van der Waals surface area contributed by atoms with Crippen molar-refractivity contribution >= 4 is 56.9 Å². The summed E-state index contributed by atoms with van der Waals surface area (Å²) in [5.41, 5.74) is 0.874. The molecule has 0 aliphatic carbocycles. The van der Waals surface area contributed by atoms with Crippen LogP contribution in [-0.2, 0) is 9.47 Å². The number of benzene rings is 1. The van der Waals surface area contributed by atoms with E-state index < -0.39 is 16.8 Å². The van der Waals surface area contributed by atoms with Gasteiger partial charge in [-0.1, -0.05) is 0 Å². The summed E-state index contributed by atoms with van der Waals surface area (Å²) in [5, 5.41) is 26.3. The van der Waals surface area contributed by atoms with Gasteiger partial charge in [0.2, 0.25) is 0 Å². The molecule has 1 amide bonds. The molecule has 1 fully saturated rings. The van der Waals surface area contributed by atoms with Gasteiger partial charge in [0, 0.05) is 24.7 Å². The van der Waals surface area contributed by atoms with Crippen molar-refractivity contribution in [2.45, 2.75) is 6.92 Å². The van der Waals surface area contributed by atoms with E-state index in [0.717, 1.165) is 11.3 Å². The second-order valence-electron chi connectivity index (χ2n) is 6.83. The summed E-state index contributed by atoms with van der Waals surface area (Å²) < 4.78 is 9.99. The molecule has 1 aromatic carbocycles. The van der Waals surface area contributed by atoms with Crippen LogP contribution in [-0.4, -0.2) is 55.3 Å². The molecule has 0 radical (unpaired) electrons. The number of carbonyl (C=O) groups excluding carboxylic acids is 2. The van der Waals surface area contributed by atoms with Crippen LogP contribution in [0.25, 0.3) is 0 Å². The van der Waals surface area contributed by atoms with Crippen molar-refractivity contribution in [2.24, 2.45) is 0 Å². The molecule has 0 atom stereocenters. The van der Waals surface area contributed by atoms with Crippen molar-refractivity contribution in [1.82, 2.24) is 5.32 Å². The summed E-state index contributed by atoms with van der Waals surface area (Å²) in [7, 11) is 1.23. The average Bonchev–Trinajstić information content (AvgIpc) is 3.13. The number of nitro benzene ring substituents is 1. The molecule has 0 unspecified atom stereocenters. The number of thiophene rings is 1. The highest BCUT2D eigenvalue weighted by Gasteiger charge is 2.24. The second kappa shape index (κ2) is 10.3. The fourth-order valence-electron chi connectivity index (χ4n) is 3.22. The van der Waals surface area contributed by atoms with Gasteiger partial charge in [-0.25, -0.2) is 4.79 Å². The first-order chi connectivity index (χ1) is 15.8. The average molecular weight is 490 g/mol. The number of ether oxygens (including phenoxy) is 2. The zero-order valence-electron chi connectivity index (χ0n) is 17.7. The number of nitro groups is 1. The van der Waals surface area contributed by atoms with E-state index in [-0.39, 0.29) is 31.8 Å². The normalized spacial score (nSPS) is 13.1. The lowest BCUT2D eigenvalue weighted by Crippen LogP contribution is -2.37. The highest BCUT2D eigenvalue weighted by Crippen LogP contribution is 2.33. The molecular weight excluding hydrogens is 470 g/mol. The Bertz CT molecular complexity index is 1170. The van der Waals surface area contributed by atoms with Gasteiger partial charge in [0.15, 0.2) is 5.11 Å². The lowest BCUT2D eigenvalue weighted by molar-refractivity contribution is -0.384. The standard InChI is InChI=1S/C20H19N5O6S2/c1-11-13(10-21)18(33-16(11)19(27)30-2)23-20(32)22-17(26)12-3-4-14(15(9-12)25(28)29)24-5-7-31-8-6-24/h3-4,9H,5-8H2,1-2H3,(H2,22,23,26,32). The third-order valence-electron chi connectivity index (χ3n) is 4.87. The summed E-state index contributed by atoms with van der Waals surface area (Å²) in [6, 6.07) is 6.17. The Morgan fingerprint density at radius 3 is 2.67 bits per heavy atom. The van der Waals surface area contributed by atoms with Crippen LogP contribution in [0, 0.1) is 28.4 Å². The maximum atomic E-state index is 12.7. The van der Waals surface area contributed by atoms with Gasteiger partial charge in [-0.2, -0.15) is 5.26 Å². The number of anilines is 2. The van der Waals surface area contributed by atoms with E-state index in [4.69, 9.17) is 21.7 Å². The summed E-state index contributed by atoms with van der Waals surface area (Å²) in [4.78, 5) is 37.7. The number of hydrogen-bond donors (Lipinski definition) is 2. The Kier molecular flexibility index (Phi) is 7.54. The molecule has 1 aliphatic rings. The molecule has 0 saturated carbocycles. The molecule has 2 aromatic rings. The quantitative estimate of drug-likeness (QED) is 0.278. The Hall–Kier alpha value is -3.60. The fourth-order valence-corrected chi connectivity index (χ4v) is 4.55. The molecule has 172 valence electrons. The molecule has 2 heterocycles. The molecule has 2 N–H and O–H groups in total. The van der Waals surface area contributed by atoms with Gasteiger partial charge in [0.1, 0.15) is 21.6 Å². The first-order valence-corrected chi connectivity index (χ1v) is 10.8. The molecule has 1 aromatic heterocycles. The molecular formula is C20H19N5O6S2. The van der Waals surface area contributed by atoms with Gasteiger partial charge in [-0.05, 0) is 36.8 Å². The van der Waals surface area contributed by atoms with Crippen molar-refractivity contribution in [3.05, 3.63) is 49.9 Å². The Labute approximate surface area is 198 Å². The molecule has 1 aliphatic heterocycles. The van der Waals surface area contributed by atoms with Crippen LogP contribution in [0.2, 0.25) is 0 Å². The van der Waals surface area contributed by atoms with Crippen LogP contribution in [0.5, 0.6) is 0 Å². The van der Waals surface area contributed by atoms with Gasteiger partial charge in [-0.15, -0.1) is 11.3 Å².